The Labute approximate surface area is 243 Å². The van der Waals surface area contributed by atoms with Crippen LogP contribution in [0.2, 0.25) is 0 Å². The Bertz CT molecular complexity index is 2160. The number of hydrogen-bond donors (Lipinski definition) is 0. The van der Waals surface area contributed by atoms with Crippen LogP contribution in [0.15, 0.2) is 103 Å². The molecule has 42 heavy (non-hydrogen) atoms. The van der Waals surface area contributed by atoms with Crippen LogP contribution in [0.25, 0.3) is 39.0 Å². The van der Waals surface area contributed by atoms with Crippen LogP contribution in [-0.2, 0) is 6.67 Å². The third kappa shape index (κ3) is 3.78. The number of para-hydroxylation sites is 2. The number of anilines is 2. The van der Waals surface area contributed by atoms with Gasteiger partial charge in [0.15, 0.2) is 0 Å². The third-order valence-corrected chi connectivity index (χ3v) is 8.19. The number of rotatable bonds is 4. The molecule has 7 heteroatoms. The van der Waals surface area contributed by atoms with Gasteiger partial charge in [-0.3, -0.25) is 4.57 Å². The van der Waals surface area contributed by atoms with E-state index >= 15 is 0 Å². The molecule has 1 aliphatic rings. The predicted octanol–water partition coefficient (Wildman–Crippen LogP) is 8.26. The molecule has 8 rings (SSSR count). The summed E-state index contributed by atoms with van der Waals surface area (Å²) in [6.45, 7) is 6.96. The lowest BCUT2D eigenvalue weighted by molar-refractivity contribution is 0.464. The quantitative estimate of drug-likeness (QED) is 0.222. The van der Waals surface area contributed by atoms with Crippen molar-refractivity contribution in [2.24, 2.45) is 0 Å². The average molecular weight is 549 g/mol. The summed E-state index contributed by atoms with van der Waals surface area (Å²) in [7, 11) is 0. The molecule has 0 saturated carbocycles. The van der Waals surface area contributed by atoms with E-state index in [2.05, 4.69) is 102 Å². The summed E-state index contributed by atoms with van der Waals surface area (Å²) >= 11 is 0. The zero-order valence-corrected chi connectivity index (χ0v) is 23.6. The number of benzene rings is 3. The van der Waals surface area contributed by atoms with Crippen LogP contribution < -0.4 is 9.64 Å². The molecule has 0 amide bonds. The van der Waals surface area contributed by atoms with Gasteiger partial charge in [0, 0.05) is 52.2 Å². The van der Waals surface area contributed by atoms with Crippen molar-refractivity contribution in [2.75, 3.05) is 4.90 Å². The lowest BCUT2D eigenvalue weighted by atomic mass is 10.1. The summed E-state index contributed by atoms with van der Waals surface area (Å²) in [5.74, 6) is 3.13. The zero-order chi connectivity index (χ0) is 28.4. The molecule has 0 fully saturated rings. The summed E-state index contributed by atoms with van der Waals surface area (Å²) in [4.78, 5) is 16.6. The summed E-state index contributed by atoms with van der Waals surface area (Å²) < 4.78 is 10.9. The number of nitrogens with zero attached hydrogens (tertiary/aromatic N) is 6. The van der Waals surface area contributed by atoms with Crippen LogP contribution >= 0.6 is 0 Å². The van der Waals surface area contributed by atoms with Crippen LogP contribution in [0.4, 0.5) is 11.4 Å². The maximum atomic E-state index is 6.42. The van der Waals surface area contributed by atoms with Crippen molar-refractivity contribution in [3.63, 3.8) is 0 Å². The van der Waals surface area contributed by atoms with Crippen molar-refractivity contribution >= 4 is 33.2 Å². The Morgan fingerprint density at radius 2 is 1.62 bits per heavy atom. The second kappa shape index (κ2) is 9.31. The van der Waals surface area contributed by atoms with Gasteiger partial charge in [-0.15, -0.1) is 0 Å². The van der Waals surface area contributed by atoms with E-state index in [9.17, 15) is 0 Å². The Balaban J connectivity index is 1.19. The molecule has 4 aromatic heterocycles. The molecular weight excluding hydrogens is 520 g/mol. The number of aryl methyl sites for hydroxylation is 2. The Morgan fingerprint density at radius 1 is 0.762 bits per heavy atom. The first-order chi connectivity index (χ1) is 20.5. The van der Waals surface area contributed by atoms with Gasteiger partial charge in [-0.25, -0.2) is 15.0 Å². The van der Waals surface area contributed by atoms with Gasteiger partial charge in [0.25, 0.3) is 0 Å². The fourth-order valence-corrected chi connectivity index (χ4v) is 6.00. The van der Waals surface area contributed by atoms with Crippen molar-refractivity contribution in [1.82, 2.24) is 24.1 Å². The van der Waals surface area contributed by atoms with Gasteiger partial charge in [-0.1, -0.05) is 36.4 Å². The van der Waals surface area contributed by atoms with Crippen LogP contribution in [0, 0.1) is 20.8 Å². The predicted molar refractivity (Wildman–Crippen MR) is 167 cm³/mol. The van der Waals surface area contributed by atoms with E-state index in [4.69, 9.17) is 19.7 Å². The van der Waals surface area contributed by atoms with Crippen molar-refractivity contribution in [1.29, 1.82) is 0 Å². The largest absolute Gasteiger partial charge is 0.439 e. The molecular formula is C35H28N6O. The summed E-state index contributed by atoms with van der Waals surface area (Å²) in [5.41, 5.74) is 8.75. The smallest absolute Gasteiger partial charge is 0.221 e. The minimum absolute atomic E-state index is 0.527. The highest BCUT2D eigenvalue weighted by Gasteiger charge is 2.26. The normalized spacial score (nSPS) is 12.5. The molecule has 204 valence electrons. The van der Waals surface area contributed by atoms with Crippen molar-refractivity contribution in [3.05, 3.63) is 120 Å². The number of imidazole rings is 1. The van der Waals surface area contributed by atoms with Gasteiger partial charge in [-0.2, -0.15) is 0 Å². The molecule has 0 spiro atoms. The van der Waals surface area contributed by atoms with Crippen LogP contribution in [0.5, 0.6) is 11.6 Å². The fraction of sp³-hybridized carbons (Fsp3) is 0.114. The van der Waals surface area contributed by atoms with E-state index in [-0.39, 0.29) is 0 Å². The highest BCUT2D eigenvalue weighted by Crippen LogP contribution is 2.41. The zero-order valence-electron chi connectivity index (χ0n) is 23.6. The van der Waals surface area contributed by atoms with Crippen LogP contribution in [-0.4, -0.2) is 24.1 Å². The van der Waals surface area contributed by atoms with E-state index in [1.165, 1.54) is 5.69 Å². The lowest BCUT2D eigenvalue weighted by Crippen LogP contribution is -2.26. The summed E-state index contributed by atoms with van der Waals surface area (Å²) in [6.07, 6.45) is 3.75. The van der Waals surface area contributed by atoms with Crippen LogP contribution in [0.1, 0.15) is 17.0 Å². The first kappa shape index (κ1) is 24.4. The average Bonchev–Trinajstić information content (AvgIpc) is 3.50. The van der Waals surface area contributed by atoms with Gasteiger partial charge in [0.1, 0.15) is 24.1 Å². The molecule has 3 aromatic carbocycles. The minimum Gasteiger partial charge on any atom is -0.439 e. The van der Waals surface area contributed by atoms with Gasteiger partial charge in [-0.05, 0) is 68.8 Å². The Morgan fingerprint density at radius 3 is 2.52 bits per heavy atom. The second-order valence-electron chi connectivity index (χ2n) is 10.8. The van der Waals surface area contributed by atoms with Crippen molar-refractivity contribution in [2.45, 2.75) is 27.4 Å². The molecule has 7 nitrogen and oxygen atoms in total. The second-order valence-corrected chi connectivity index (χ2v) is 10.8. The molecule has 0 bridgehead atoms. The SMILES string of the molecule is Cc1ccnc(-n2c3ccccc3c3cnc(Oc4cccc(N5Cn6c(nc(C)c6C)-c6ccccc65)c4)cc32)c1. The van der Waals surface area contributed by atoms with Gasteiger partial charge in [0.05, 0.1) is 22.4 Å². The maximum absolute atomic E-state index is 6.42. The molecule has 0 atom stereocenters. The molecule has 5 heterocycles. The number of fused-ring (bicyclic) bond motifs is 6. The first-order valence-corrected chi connectivity index (χ1v) is 14.1. The van der Waals surface area contributed by atoms with Gasteiger partial charge >= 0.3 is 0 Å². The standard InChI is InChI=1S/C35H28N6O/c1-22-15-16-36-33(17-22)41-31-14-7-4-11-27(31)29-20-37-34(19-32(29)41)42-26-10-8-9-25(18-26)40-21-39-24(3)23(2)38-35(39)28-12-5-6-13-30(28)40/h4-20H,21H2,1-3H3. The number of aromatic nitrogens is 5. The number of hydrogen-bond acceptors (Lipinski definition) is 5. The lowest BCUT2D eigenvalue weighted by Gasteiger charge is -2.33. The molecule has 0 aliphatic carbocycles. The van der Waals surface area contributed by atoms with E-state index in [0.717, 1.165) is 67.4 Å². The first-order valence-electron chi connectivity index (χ1n) is 14.1. The Hall–Kier alpha value is -5.43. The third-order valence-electron chi connectivity index (χ3n) is 8.19. The van der Waals surface area contributed by atoms with Gasteiger partial charge in [0.2, 0.25) is 5.88 Å². The molecule has 0 unspecified atom stereocenters. The van der Waals surface area contributed by atoms with E-state index in [0.29, 0.717) is 12.5 Å². The Kier molecular flexibility index (Phi) is 5.40. The van der Waals surface area contributed by atoms with E-state index < -0.39 is 0 Å². The summed E-state index contributed by atoms with van der Waals surface area (Å²) in [6, 6.07) is 31.1. The highest BCUT2D eigenvalue weighted by molar-refractivity contribution is 6.09. The van der Waals surface area contributed by atoms with Crippen molar-refractivity contribution in [3.8, 4) is 28.8 Å². The number of ether oxygens (including phenoxy) is 1. The number of pyridine rings is 2. The molecule has 7 aromatic rings. The molecule has 0 radical (unpaired) electrons. The van der Waals surface area contributed by atoms with Gasteiger partial charge < -0.3 is 14.2 Å². The van der Waals surface area contributed by atoms with E-state index in [1.807, 2.05) is 36.7 Å². The topological polar surface area (TPSA) is 61.0 Å². The monoisotopic (exact) mass is 548 g/mol. The fourth-order valence-electron chi connectivity index (χ4n) is 6.00. The highest BCUT2D eigenvalue weighted by atomic mass is 16.5. The molecule has 0 saturated heterocycles. The van der Waals surface area contributed by atoms with Crippen LogP contribution in [0.3, 0.4) is 0 Å². The summed E-state index contributed by atoms with van der Waals surface area (Å²) in [5, 5.41) is 2.19. The minimum atomic E-state index is 0.527. The van der Waals surface area contributed by atoms with E-state index in [1.54, 1.807) is 0 Å². The van der Waals surface area contributed by atoms with Crippen molar-refractivity contribution < 1.29 is 4.74 Å². The molecule has 1 aliphatic heterocycles. The molecule has 0 N–H and O–H groups in total. The maximum Gasteiger partial charge on any atom is 0.221 e.